The largest absolute Gasteiger partial charge is 0.508 e. The standard InChI is InChI=1S/C22H22N4O5S/c1-14-4-10-20(15(2)12-14)25-32(30,31)19-9-11-21(22(13-19)26(28)29)24-23-16(3)17-5-7-18(27)8-6-17/h4-13,24-25,27H,1-3H3/b23-16+. The first kappa shape index (κ1) is 22.8. The number of aromatic hydroxyl groups is 1. The van der Waals surface area contributed by atoms with Crippen LogP contribution in [0.25, 0.3) is 0 Å². The summed E-state index contributed by atoms with van der Waals surface area (Å²) in [6.07, 6.45) is 0. The first-order chi connectivity index (χ1) is 15.1. The van der Waals surface area contributed by atoms with E-state index in [0.717, 1.165) is 17.2 Å². The Morgan fingerprint density at radius 3 is 2.28 bits per heavy atom. The number of hydrazone groups is 1. The van der Waals surface area contributed by atoms with Crippen molar-refractivity contribution < 1.29 is 18.4 Å². The molecule has 0 aliphatic heterocycles. The zero-order chi connectivity index (χ0) is 23.5. The zero-order valence-electron chi connectivity index (χ0n) is 17.7. The molecule has 0 bridgehead atoms. The SMILES string of the molecule is C/C(=N\Nc1ccc(S(=O)(=O)Nc2ccc(C)cc2C)cc1[N+](=O)[O-])c1ccc(O)cc1. The maximum absolute atomic E-state index is 12.8. The summed E-state index contributed by atoms with van der Waals surface area (Å²) in [5, 5.41) is 25.1. The van der Waals surface area contributed by atoms with Crippen molar-refractivity contribution in [2.45, 2.75) is 25.7 Å². The molecule has 0 aromatic heterocycles. The molecular formula is C22H22N4O5S. The Labute approximate surface area is 185 Å². The van der Waals surface area contributed by atoms with Crippen molar-refractivity contribution in [3.8, 4) is 5.75 Å². The number of nitrogens with one attached hydrogen (secondary N) is 2. The minimum absolute atomic E-state index is 0.0404. The number of nitro groups is 1. The fraction of sp³-hybridized carbons (Fsp3) is 0.136. The molecule has 0 saturated heterocycles. The molecule has 9 nitrogen and oxygen atoms in total. The maximum Gasteiger partial charge on any atom is 0.295 e. The number of phenols is 1. The molecule has 32 heavy (non-hydrogen) atoms. The van der Waals surface area contributed by atoms with Crippen LogP contribution in [0.3, 0.4) is 0 Å². The molecule has 0 spiro atoms. The van der Waals surface area contributed by atoms with Crippen molar-refractivity contribution in [3.63, 3.8) is 0 Å². The smallest absolute Gasteiger partial charge is 0.295 e. The molecule has 0 atom stereocenters. The third kappa shape index (κ3) is 5.22. The molecule has 166 valence electrons. The van der Waals surface area contributed by atoms with Gasteiger partial charge in [-0.1, -0.05) is 17.7 Å². The summed E-state index contributed by atoms with van der Waals surface area (Å²) in [6, 6.07) is 15.1. The van der Waals surface area contributed by atoms with Gasteiger partial charge in [0.1, 0.15) is 11.4 Å². The van der Waals surface area contributed by atoms with E-state index >= 15 is 0 Å². The summed E-state index contributed by atoms with van der Waals surface area (Å²) >= 11 is 0. The number of nitrogens with zero attached hydrogens (tertiary/aromatic N) is 2. The third-order valence-corrected chi connectivity index (χ3v) is 6.09. The highest BCUT2D eigenvalue weighted by molar-refractivity contribution is 7.92. The van der Waals surface area contributed by atoms with Crippen molar-refractivity contribution in [2.24, 2.45) is 5.10 Å². The van der Waals surface area contributed by atoms with Gasteiger partial charge < -0.3 is 5.11 Å². The normalized spacial score (nSPS) is 11.8. The molecule has 3 rings (SSSR count). The van der Waals surface area contributed by atoms with Crippen LogP contribution >= 0.6 is 0 Å². The quantitative estimate of drug-likeness (QED) is 0.272. The van der Waals surface area contributed by atoms with Crippen LogP contribution in [0.4, 0.5) is 17.1 Å². The molecule has 0 amide bonds. The minimum Gasteiger partial charge on any atom is -0.508 e. The molecule has 0 unspecified atom stereocenters. The van der Waals surface area contributed by atoms with E-state index in [4.69, 9.17) is 0 Å². The topological polar surface area (TPSA) is 134 Å². The van der Waals surface area contributed by atoms with Gasteiger partial charge in [-0.3, -0.25) is 20.3 Å². The Morgan fingerprint density at radius 1 is 1.00 bits per heavy atom. The second kappa shape index (κ2) is 9.06. The van der Waals surface area contributed by atoms with Gasteiger partial charge in [0.2, 0.25) is 0 Å². The van der Waals surface area contributed by atoms with Crippen LogP contribution in [0.2, 0.25) is 0 Å². The van der Waals surface area contributed by atoms with Crippen LogP contribution in [-0.4, -0.2) is 24.2 Å². The van der Waals surface area contributed by atoms with Crippen molar-refractivity contribution in [1.82, 2.24) is 0 Å². The lowest BCUT2D eigenvalue weighted by atomic mass is 10.1. The number of nitro benzene ring substituents is 1. The summed E-state index contributed by atoms with van der Waals surface area (Å²) in [6.45, 7) is 5.36. The Balaban J connectivity index is 1.89. The van der Waals surface area contributed by atoms with Crippen LogP contribution < -0.4 is 10.1 Å². The Bertz CT molecular complexity index is 1300. The van der Waals surface area contributed by atoms with E-state index in [-0.39, 0.29) is 16.3 Å². The van der Waals surface area contributed by atoms with Gasteiger partial charge in [-0.2, -0.15) is 5.10 Å². The number of sulfonamides is 1. The van der Waals surface area contributed by atoms with E-state index < -0.39 is 20.6 Å². The summed E-state index contributed by atoms with van der Waals surface area (Å²) in [7, 11) is -4.04. The van der Waals surface area contributed by atoms with Gasteiger partial charge >= 0.3 is 0 Å². The summed E-state index contributed by atoms with van der Waals surface area (Å²) < 4.78 is 28.1. The minimum atomic E-state index is -4.04. The number of anilines is 2. The first-order valence-electron chi connectivity index (χ1n) is 9.55. The summed E-state index contributed by atoms with van der Waals surface area (Å²) in [5.74, 6) is 0.108. The average Bonchev–Trinajstić information content (AvgIpc) is 2.74. The highest BCUT2D eigenvalue weighted by atomic mass is 32.2. The van der Waals surface area contributed by atoms with E-state index in [0.29, 0.717) is 17.0 Å². The van der Waals surface area contributed by atoms with Crippen LogP contribution in [0.1, 0.15) is 23.6 Å². The van der Waals surface area contributed by atoms with E-state index in [1.165, 1.54) is 24.3 Å². The third-order valence-electron chi connectivity index (χ3n) is 4.73. The number of benzene rings is 3. The monoisotopic (exact) mass is 454 g/mol. The molecule has 0 aliphatic carbocycles. The van der Waals surface area contributed by atoms with Gasteiger partial charge in [0.05, 0.1) is 21.2 Å². The highest BCUT2D eigenvalue weighted by Gasteiger charge is 2.22. The van der Waals surface area contributed by atoms with E-state index in [1.54, 1.807) is 38.1 Å². The van der Waals surface area contributed by atoms with Gasteiger partial charge in [0, 0.05) is 6.07 Å². The van der Waals surface area contributed by atoms with Gasteiger partial charge in [-0.05, 0) is 74.4 Å². The number of hydrogen-bond acceptors (Lipinski definition) is 7. The Hall–Kier alpha value is -3.92. The van der Waals surface area contributed by atoms with Gasteiger partial charge in [0.25, 0.3) is 15.7 Å². The summed E-state index contributed by atoms with van der Waals surface area (Å²) in [5.41, 5.74) is 5.57. The fourth-order valence-corrected chi connectivity index (χ4v) is 4.12. The molecule has 0 aliphatic rings. The van der Waals surface area contributed by atoms with Crippen molar-refractivity contribution in [1.29, 1.82) is 0 Å². The molecule has 0 radical (unpaired) electrons. The Morgan fingerprint density at radius 2 is 1.66 bits per heavy atom. The molecule has 0 fully saturated rings. The lowest BCUT2D eigenvalue weighted by Crippen LogP contribution is -2.14. The predicted octanol–water partition coefficient (Wildman–Crippen LogP) is 4.55. The fourth-order valence-electron chi connectivity index (χ4n) is 2.97. The average molecular weight is 455 g/mol. The van der Waals surface area contributed by atoms with E-state index in [1.807, 2.05) is 13.0 Å². The maximum atomic E-state index is 12.8. The summed E-state index contributed by atoms with van der Waals surface area (Å²) in [4.78, 5) is 10.7. The number of hydrogen-bond donors (Lipinski definition) is 3. The van der Waals surface area contributed by atoms with Crippen molar-refractivity contribution >= 4 is 32.8 Å². The first-order valence-corrected chi connectivity index (χ1v) is 11.0. The van der Waals surface area contributed by atoms with Crippen LogP contribution in [0, 0.1) is 24.0 Å². The second-order valence-electron chi connectivity index (χ2n) is 7.22. The van der Waals surface area contributed by atoms with Crippen molar-refractivity contribution in [3.05, 3.63) is 87.5 Å². The zero-order valence-corrected chi connectivity index (χ0v) is 18.5. The van der Waals surface area contributed by atoms with E-state index in [2.05, 4.69) is 15.2 Å². The number of rotatable bonds is 7. The molecule has 3 aromatic carbocycles. The molecule has 3 N–H and O–H groups in total. The van der Waals surface area contributed by atoms with Gasteiger partial charge in [-0.25, -0.2) is 8.42 Å². The van der Waals surface area contributed by atoms with Crippen LogP contribution in [0.5, 0.6) is 5.75 Å². The molecule has 0 saturated carbocycles. The molecular weight excluding hydrogens is 432 g/mol. The van der Waals surface area contributed by atoms with Crippen LogP contribution in [0.15, 0.2) is 70.7 Å². The van der Waals surface area contributed by atoms with Gasteiger partial charge in [-0.15, -0.1) is 0 Å². The Kier molecular flexibility index (Phi) is 6.45. The lowest BCUT2D eigenvalue weighted by molar-refractivity contribution is -0.384. The number of phenolic OH excluding ortho intramolecular Hbond substituents is 1. The predicted molar refractivity (Wildman–Crippen MR) is 124 cm³/mol. The second-order valence-corrected chi connectivity index (χ2v) is 8.90. The molecule has 0 heterocycles. The molecule has 10 heteroatoms. The van der Waals surface area contributed by atoms with Gasteiger partial charge in [0.15, 0.2) is 0 Å². The lowest BCUT2D eigenvalue weighted by Gasteiger charge is -2.12. The van der Waals surface area contributed by atoms with Crippen LogP contribution in [-0.2, 0) is 10.0 Å². The molecule has 3 aromatic rings. The van der Waals surface area contributed by atoms with E-state index in [9.17, 15) is 23.6 Å². The highest BCUT2D eigenvalue weighted by Crippen LogP contribution is 2.29. The van der Waals surface area contributed by atoms with Crippen molar-refractivity contribution in [2.75, 3.05) is 10.1 Å². The number of aryl methyl sites for hydroxylation is 2.